The lowest BCUT2D eigenvalue weighted by atomic mass is 9.70. The Bertz CT molecular complexity index is 3160. The first kappa shape index (κ1) is 41.2. The highest BCUT2D eigenvalue weighted by Crippen LogP contribution is 2.57. The number of hydrogen-bond donors (Lipinski definition) is 0. The van der Waals surface area contributed by atoms with Gasteiger partial charge >= 0.3 is 0 Å². The van der Waals surface area contributed by atoms with Crippen LogP contribution >= 0.6 is 0 Å². The molecule has 0 aromatic heterocycles. The van der Waals surface area contributed by atoms with Gasteiger partial charge in [-0.3, -0.25) is 0 Å². The molecule has 0 saturated heterocycles. The fourth-order valence-electron chi connectivity index (χ4n) is 13.4. The van der Waals surface area contributed by atoms with Gasteiger partial charge < -0.3 is 0 Å². The van der Waals surface area contributed by atoms with Crippen molar-refractivity contribution in [3.05, 3.63) is 237 Å². The summed E-state index contributed by atoms with van der Waals surface area (Å²) < 4.78 is 0. The largest absolute Gasteiger partial charge is 0.0839 e. The smallest absolute Gasteiger partial charge is 0.0159 e. The third kappa shape index (κ3) is 6.46. The van der Waals surface area contributed by atoms with Crippen LogP contribution in [0.4, 0.5) is 0 Å². The van der Waals surface area contributed by atoms with E-state index in [2.05, 4.69) is 218 Å². The maximum atomic E-state index is 2.65. The summed E-state index contributed by atoms with van der Waals surface area (Å²) in [5.74, 6) is 1.24. The second kappa shape index (κ2) is 15.4. The molecular formula is C66H62. The van der Waals surface area contributed by atoms with Crippen LogP contribution < -0.4 is 0 Å². The van der Waals surface area contributed by atoms with Crippen LogP contribution in [0.3, 0.4) is 0 Å². The molecule has 0 N–H and O–H groups in total. The maximum Gasteiger partial charge on any atom is 0.0159 e. The van der Waals surface area contributed by atoms with E-state index in [1.165, 1.54) is 100 Å². The van der Waals surface area contributed by atoms with Gasteiger partial charge in [-0.1, -0.05) is 217 Å². The fourth-order valence-corrected chi connectivity index (χ4v) is 13.4. The summed E-state index contributed by atoms with van der Waals surface area (Å²) in [6, 6.07) is 51.3. The molecule has 326 valence electrons. The van der Waals surface area contributed by atoms with E-state index in [1.54, 1.807) is 5.57 Å². The van der Waals surface area contributed by atoms with E-state index in [0.29, 0.717) is 17.8 Å². The lowest BCUT2D eigenvalue weighted by Gasteiger charge is -2.34. The normalized spacial score (nSPS) is 21.5. The molecule has 6 aromatic rings. The summed E-state index contributed by atoms with van der Waals surface area (Å²) in [5, 5.41) is 0. The van der Waals surface area contributed by atoms with Crippen LogP contribution in [0.15, 0.2) is 193 Å². The number of allylic oxidation sites excluding steroid dienone is 12. The van der Waals surface area contributed by atoms with Gasteiger partial charge in [-0.25, -0.2) is 0 Å². The van der Waals surface area contributed by atoms with Crippen LogP contribution in [0, 0.1) is 17.8 Å². The molecule has 3 atom stereocenters. The Labute approximate surface area is 393 Å². The van der Waals surface area contributed by atoms with E-state index in [-0.39, 0.29) is 16.2 Å². The van der Waals surface area contributed by atoms with Gasteiger partial charge in [0.25, 0.3) is 0 Å². The zero-order chi connectivity index (χ0) is 45.0. The highest BCUT2D eigenvalue weighted by molar-refractivity contribution is 5.94. The summed E-state index contributed by atoms with van der Waals surface area (Å²) in [4.78, 5) is 0. The van der Waals surface area contributed by atoms with E-state index in [4.69, 9.17) is 0 Å². The summed E-state index contributed by atoms with van der Waals surface area (Å²) in [7, 11) is 0. The molecule has 0 amide bonds. The van der Waals surface area contributed by atoms with Crippen molar-refractivity contribution < 1.29 is 0 Å². The average molecular weight is 855 g/mol. The summed E-state index contributed by atoms with van der Waals surface area (Å²) in [6.07, 6.45) is 24.0. The van der Waals surface area contributed by atoms with Crippen LogP contribution in [-0.4, -0.2) is 0 Å². The number of hydrogen-bond acceptors (Lipinski definition) is 0. The Morgan fingerprint density at radius 1 is 0.545 bits per heavy atom. The van der Waals surface area contributed by atoms with Gasteiger partial charge in [-0.2, -0.15) is 0 Å². The predicted molar refractivity (Wildman–Crippen MR) is 280 cm³/mol. The number of rotatable bonds is 8. The second-order valence-electron chi connectivity index (χ2n) is 21.9. The van der Waals surface area contributed by atoms with Crippen LogP contribution in [0.1, 0.15) is 118 Å². The average Bonchev–Trinajstić information content (AvgIpc) is 3.83. The van der Waals surface area contributed by atoms with E-state index in [9.17, 15) is 0 Å². The molecule has 66 heavy (non-hydrogen) atoms. The van der Waals surface area contributed by atoms with Crippen LogP contribution in [0.5, 0.6) is 0 Å². The third-order valence-corrected chi connectivity index (χ3v) is 17.0. The van der Waals surface area contributed by atoms with Crippen LogP contribution in [0.2, 0.25) is 0 Å². The quantitative estimate of drug-likeness (QED) is 0.143. The lowest BCUT2D eigenvalue weighted by Crippen LogP contribution is -2.26. The third-order valence-electron chi connectivity index (χ3n) is 17.0. The molecule has 6 aromatic carbocycles. The molecule has 0 radical (unpaired) electrons. The summed E-state index contributed by atoms with van der Waals surface area (Å²) in [6.45, 7) is 14.6. The summed E-state index contributed by atoms with van der Waals surface area (Å²) in [5.41, 5.74) is 27.2. The Kier molecular flexibility index (Phi) is 9.63. The van der Waals surface area contributed by atoms with Crippen molar-refractivity contribution in [1.29, 1.82) is 0 Å². The lowest BCUT2D eigenvalue weighted by molar-refractivity contribution is 0.400. The molecular weight excluding hydrogens is 793 g/mol. The number of benzene rings is 6. The van der Waals surface area contributed by atoms with Crippen molar-refractivity contribution in [3.8, 4) is 33.4 Å². The topological polar surface area (TPSA) is 0 Å². The molecule has 0 aliphatic heterocycles. The minimum absolute atomic E-state index is 0.0219. The fraction of sp³-hybridized carbons (Fsp3) is 0.273. The Morgan fingerprint density at radius 2 is 1.24 bits per heavy atom. The highest BCUT2D eigenvalue weighted by Gasteiger charge is 2.44. The molecule has 0 heteroatoms. The van der Waals surface area contributed by atoms with Gasteiger partial charge in [0.1, 0.15) is 0 Å². The molecule has 0 bridgehead atoms. The first-order chi connectivity index (χ1) is 32.0. The number of fused-ring (bicyclic) bond motifs is 9. The van der Waals surface area contributed by atoms with Crippen molar-refractivity contribution in [3.63, 3.8) is 0 Å². The van der Waals surface area contributed by atoms with E-state index in [0.717, 1.165) is 38.5 Å². The molecule has 0 heterocycles. The van der Waals surface area contributed by atoms with E-state index < -0.39 is 0 Å². The monoisotopic (exact) mass is 854 g/mol. The van der Waals surface area contributed by atoms with Crippen LogP contribution in [-0.2, 0) is 22.7 Å². The minimum Gasteiger partial charge on any atom is -0.0839 e. The zero-order valence-corrected chi connectivity index (χ0v) is 39.7. The second-order valence-corrected chi connectivity index (χ2v) is 21.9. The Hall–Kier alpha value is -6.24. The van der Waals surface area contributed by atoms with Gasteiger partial charge in [-0.05, 0) is 162 Å². The Morgan fingerprint density at radius 3 is 2.05 bits per heavy atom. The van der Waals surface area contributed by atoms with Gasteiger partial charge in [0.2, 0.25) is 0 Å². The molecule has 0 fully saturated rings. The van der Waals surface area contributed by atoms with E-state index >= 15 is 0 Å². The van der Waals surface area contributed by atoms with Crippen molar-refractivity contribution in [2.45, 2.75) is 96.3 Å². The zero-order valence-electron chi connectivity index (χ0n) is 39.7. The van der Waals surface area contributed by atoms with E-state index in [1.807, 2.05) is 0 Å². The predicted octanol–water partition coefficient (Wildman–Crippen LogP) is 17.1. The van der Waals surface area contributed by atoms with Crippen molar-refractivity contribution >= 4 is 11.1 Å². The summed E-state index contributed by atoms with van der Waals surface area (Å²) >= 11 is 0. The highest BCUT2D eigenvalue weighted by atomic mass is 14.5. The van der Waals surface area contributed by atoms with Crippen molar-refractivity contribution in [2.24, 2.45) is 17.8 Å². The molecule has 3 unspecified atom stereocenters. The SMILES string of the molecule is CC1(C)c2cc(CC(CC3=CC=C4c5ccccc5C(C)(C)C4C3)C3=CCC(C4=CCCC=C4)C=C3c3ccccc3)ccc2-c2ccc(-c3cccc4c3-c3ccccc3C4(C)C)cc21. The van der Waals surface area contributed by atoms with Gasteiger partial charge in [0.05, 0.1) is 0 Å². The standard InChI is InChI=1S/C66H62/c1-64(2)58-26-16-14-23-55(58)63-50(24-17-27-59(63)64)47-31-35-54-53-33-29-43(39-61(53)66(5,6)62(54)41-47)37-48(36-42-28-32-52-51-22-13-15-25-57(51)65(3,4)60(52)38-42)49-34-30-46(44-18-9-7-10-19-44)40-56(49)45-20-11-8-12-21-45/h8-9,11-29,31-35,39-41,46,48,60H,7,10,30,36-38H2,1-6H3. The molecule has 0 nitrogen and oxygen atoms in total. The molecule has 6 aliphatic rings. The molecule has 0 spiro atoms. The molecule has 0 saturated carbocycles. The van der Waals surface area contributed by atoms with Crippen molar-refractivity contribution in [1.82, 2.24) is 0 Å². The first-order valence-electron chi connectivity index (χ1n) is 24.8. The van der Waals surface area contributed by atoms with Crippen LogP contribution in [0.25, 0.3) is 44.5 Å². The van der Waals surface area contributed by atoms with Gasteiger partial charge in [0.15, 0.2) is 0 Å². The Balaban J connectivity index is 0.915. The van der Waals surface area contributed by atoms with Gasteiger partial charge in [-0.15, -0.1) is 0 Å². The van der Waals surface area contributed by atoms with Gasteiger partial charge in [0, 0.05) is 16.7 Å². The minimum atomic E-state index is -0.134. The maximum absolute atomic E-state index is 2.65. The van der Waals surface area contributed by atoms with Crippen molar-refractivity contribution in [2.75, 3.05) is 0 Å². The first-order valence-corrected chi connectivity index (χ1v) is 24.8. The molecule has 6 aliphatic carbocycles. The molecule has 12 rings (SSSR count).